The summed E-state index contributed by atoms with van der Waals surface area (Å²) >= 11 is 0. The van der Waals surface area contributed by atoms with Crippen LogP contribution in [-0.2, 0) is 19.1 Å². The highest BCUT2D eigenvalue weighted by Gasteiger charge is 2.37. The van der Waals surface area contributed by atoms with E-state index in [1.807, 2.05) is 6.92 Å². The first-order chi connectivity index (χ1) is 19.0. The fourth-order valence-corrected chi connectivity index (χ4v) is 4.54. The van der Waals surface area contributed by atoms with Gasteiger partial charge in [0, 0.05) is 36.4 Å². The maximum absolute atomic E-state index is 14.3. The normalized spacial score (nSPS) is 14.8. The van der Waals surface area contributed by atoms with Gasteiger partial charge in [0.25, 0.3) is 5.91 Å². The van der Waals surface area contributed by atoms with Crippen LogP contribution in [0.5, 0.6) is 11.5 Å². The van der Waals surface area contributed by atoms with Gasteiger partial charge in [0.05, 0.1) is 23.3 Å². The smallest absolute Gasteiger partial charge is 0.340 e. The van der Waals surface area contributed by atoms with Gasteiger partial charge < -0.3 is 14.2 Å². The zero-order chi connectivity index (χ0) is 29.1. The summed E-state index contributed by atoms with van der Waals surface area (Å²) in [4.78, 5) is 67.6. The van der Waals surface area contributed by atoms with Crippen LogP contribution in [0, 0.1) is 6.92 Å². The van der Waals surface area contributed by atoms with Crippen LogP contribution in [0.4, 0.5) is 5.69 Å². The number of nitrogens with zero attached hydrogens (tertiary/aromatic N) is 1. The van der Waals surface area contributed by atoms with E-state index in [2.05, 4.69) is 0 Å². The van der Waals surface area contributed by atoms with Crippen LogP contribution in [-0.4, -0.2) is 36.2 Å². The van der Waals surface area contributed by atoms with Gasteiger partial charge in [-0.25, -0.2) is 4.79 Å². The molecule has 0 radical (unpaired) electrons. The van der Waals surface area contributed by atoms with Gasteiger partial charge in [0.1, 0.15) is 11.5 Å². The summed E-state index contributed by atoms with van der Waals surface area (Å²) in [5, 5.41) is 0. The molecule has 0 N–H and O–H groups in total. The van der Waals surface area contributed by atoms with Gasteiger partial charge in [0.15, 0.2) is 5.78 Å². The third kappa shape index (κ3) is 5.26. The van der Waals surface area contributed by atoms with Crippen molar-refractivity contribution < 1.29 is 38.2 Å². The van der Waals surface area contributed by atoms with Crippen molar-refractivity contribution in [1.82, 2.24) is 0 Å². The summed E-state index contributed by atoms with van der Waals surface area (Å²) in [6.45, 7) is 7.34. The molecule has 1 aliphatic rings. The van der Waals surface area contributed by atoms with Crippen LogP contribution in [0.15, 0.2) is 66.4 Å². The second-order valence-corrected chi connectivity index (χ2v) is 9.03. The van der Waals surface area contributed by atoms with E-state index in [1.54, 1.807) is 43.3 Å². The molecule has 4 rings (SSSR count). The molecule has 0 atom stereocenters. The lowest BCUT2D eigenvalue weighted by Gasteiger charge is -2.26. The summed E-state index contributed by atoms with van der Waals surface area (Å²) in [5.41, 5.74) is 0.928. The van der Waals surface area contributed by atoms with E-state index in [0.717, 1.165) is 12.5 Å². The number of allylic oxidation sites excluding steroid dienone is 1. The van der Waals surface area contributed by atoms with Gasteiger partial charge in [-0.15, -0.1) is 0 Å². The Morgan fingerprint density at radius 3 is 1.85 bits per heavy atom. The third-order valence-corrected chi connectivity index (χ3v) is 6.19. The number of esters is 3. The second-order valence-electron chi connectivity index (χ2n) is 9.03. The van der Waals surface area contributed by atoms with E-state index in [9.17, 15) is 24.0 Å². The first kappa shape index (κ1) is 28.0. The molecule has 0 saturated heterocycles. The Hall–Kier alpha value is -5.05. The number of aryl methyl sites for hydroxylation is 1. The summed E-state index contributed by atoms with van der Waals surface area (Å²) in [6.07, 6.45) is 0. The largest absolute Gasteiger partial charge is 0.462 e. The maximum Gasteiger partial charge on any atom is 0.340 e. The Balaban J connectivity index is 2.25. The van der Waals surface area contributed by atoms with Crippen molar-refractivity contribution >= 4 is 40.9 Å². The van der Waals surface area contributed by atoms with Gasteiger partial charge in [-0.2, -0.15) is 0 Å². The van der Waals surface area contributed by atoms with E-state index in [0.29, 0.717) is 5.69 Å². The number of anilines is 1. The zero-order valence-electron chi connectivity index (χ0n) is 22.7. The highest BCUT2D eigenvalue weighted by atomic mass is 16.5. The highest BCUT2D eigenvalue weighted by Crippen LogP contribution is 2.42. The molecule has 0 fully saturated rings. The molecule has 9 heteroatoms. The number of amides is 1. The van der Waals surface area contributed by atoms with Gasteiger partial charge in [-0.3, -0.25) is 24.1 Å². The number of carbonyl (C=O) groups is 5. The predicted octanol–water partition coefficient (Wildman–Crippen LogP) is 5.03. The van der Waals surface area contributed by atoms with Crippen molar-refractivity contribution in [2.45, 2.75) is 34.6 Å². The van der Waals surface area contributed by atoms with E-state index in [-0.39, 0.29) is 51.6 Å². The van der Waals surface area contributed by atoms with Crippen LogP contribution >= 0.6 is 0 Å². The molecular weight excluding hydrogens is 514 g/mol. The maximum atomic E-state index is 14.3. The Morgan fingerprint density at radius 1 is 0.750 bits per heavy atom. The molecule has 1 amide bonds. The van der Waals surface area contributed by atoms with Crippen LogP contribution < -0.4 is 14.4 Å². The number of ether oxygens (including phenoxy) is 3. The molecule has 0 bridgehead atoms. The zero-order valence-corrected chi connectivity index (χ0v) is 22.7. The minimum Gasteiger partial charge on any atom is -0.462 e. The molecule has 0 aromatic heterocycles. The van der Waals surface area contributed by atoms with E-state index < -0.39 is 29.6 Å². The molecule has 0 spiro atoms. The van der Waals surface area contributed by atoms with E-state index >= 15 is 0 Å². The first-order valence-electron chi connectivity index (χ1n) is 12.5. The fourth-order valence-electron chi connectivity index (χ4n) is 4.54. The van der Waals surface area contributed by atoms with Crippen molar-refractivity contribution in [1.29, 1.82) is 0 Å². The SMILES string of the molecule is CCOC(=O)/C1=C(\C)N(c2ccc(C)cc2)C(=O)c2ccccc2C(=O)c2c(OC(C)=O)ccc(OC(C)=O)c21. The number of benzene rings is 3. The van der Waals surface area contributed by atoms with Crippen LogP contribution in [0.3, 0.4) is 0 Å². The molecule has 3 aromatic carbocycles. The molecule has 204 valence electrons. The van der Waals surface area contributed by atoms with Crippen molar-refractivity contribution in [3.05, 3.63) is 94.2 Å². The lowest BCUT2D eigenvalue weighted by atomic mass is 9.90. The van der Waals surface area contributed by atoms with Crippen LogP contribution in [0.25, 0.3) is 5.57 Å². The number of hydrogen-bond acceptors (Lipinski definition) is 8. The van der Waals surface area contributed by atoms with E-state index in [1.165, 1.54) is 43.0 Å². The third-order valence-electron chi connectivity index (χ3n) is 6.19. The quantitative estimate of drug-likeness (QED) is 0.326. The Bertz CT molecular complexity index is 1580. The Kier molecular flexibility index (Phi) is 7.95. The van der Waals surface area contributed by atoms with Crippen LogP contribution in [0.1, 0.15) is 65.1 Å². The topological polar surface area (TPSA) is 116 Å². The average Bonchev–Trinajstić information content (AvgIpc) is 2.93. The van der Waals surface area contributed by atoms with Crippen molar-refractivity contribution in [3.63, 3.8) is 0 Å². The van der Waals surface area contributed by atoms with Gasteiger partial charge in [-0.1, -0.05) is 35.9 Å². The Labute approximate surface area is 231 Å². The molecule has 1 heterocycles. The van der Waals surface area contributed by atoms with Crippen molar-refractivity contribution in [2.24, 2.45) is 0 Å². The standard InChI is InChI=1S/C31H27NO8/c1-6-38-31(37)26-18(3)32(21-13-11-17(2)12-14-21)30(36)23-10-8-7-9-22(23)29(35)28-25(40-20(5)34)16-15-24(27(26)28)39-19(4)33/h7-16H,6H2,1-5H3/b26-18+. The number of ketones is 1. The lowest BCUT2D eigenvalue weighted by molar-refractivity contribution is -0.136. The molecular formula is C31H27NO8. The van der Waals surface area contributed by atoms with E-state index in [4.69, 9.17) is 14.2 Å². The summed E-state index contributed by atoms with van der Waals surface area (Å²) < 4.78 is 16.2. The predicted molar refractivity (Wildman–Crippen MR) is 146 cm³/mol. The molecule has 1 aliphatic heterocycles. The van der Waals surface area contributed by atoms with Crippen LogP contribution in [0.2, 0.25) is 0 Å². The monoisotopic (exact) mass is 541 g/mol. The summed E-state index contributed by atoms with van der Waals surface area (Å²) in [7, 11) is 0. The van der Waals surface area contributed by atoms with Gasteiger partial charge in [0.2, 0.25) is 0 Å². The molecule has 9 nitrogen and oxygen atoms in total. The molecule has 0 aliphatic carbocycles. The fraction of sp³-hybridized carbons (Fsp3) is 0.194. The molecule has 0 unspecified atom stereocenters. The number of rotatable bonds is 5. The summed E-state index contributed by atoms with van der Waals surface area (Å²) in [6, 6.07) is 15.8. The molecule has 3 aromatic rings. The van der Waals surface area contributed by atoms with Gasteiger partial charge >= 0.3 is 17.9 Å². The summed E-state index contributed by atoms with van der Waals surface area (Å²) in [5.74, 6) is -3.94. The molecule has 40 heavy (non-hydrogen) atoms. The number of carbonyl (C=O) groups excluding carboxylic acids is 5. The first-order valence-corrected chi connectivity index (χ1v) is 12.5. The number of hydrogen-bond donors (Lipinski definition) is 0. The average molecular weight is 542 g/mol. The minimum atomic E-state index is -0.877. The minimum absolute atomic E-state index is 0.00264. The highest BCUT2D eigenvalue weighted by molar-refractivity contribution is 6.29. The van der Waals surface area contributed by atoms with Crippen molar-refractivity contribution in [3.8, 4) is 11.5 Å². The second kappa shape index (κ2) is 11.4. The number of fused-ring (bicyclic) bond motifs is 2. The van der Waals surface area contributed by atoms with Gasteiger partial charge in [-0.05, 0) is 51.1 Å². The molecule has 0 saturated carbocycles. The van der Waals surface area contributed by atoms with Crippen molar-refractivity contribution in [2.75, 3.05) is 11.5 Å². The lowest BCUT2D eigenvalue weighted by Crippen LogP contribution is -2.31. The Morgan fingerprint density at radius 2 is 1.30 bits per heavy atom.